The molecule has 0 bridgehead atoms. The fourth-order valence-electron chi connectivity index (χ4n) is 3.19. The Hall–Kier alpha value is -1.48. The highest BCUT2D eigenvalue weighted by atomic mass is 32.1. The van der Waals surface area contributed by atoms with Crippen LogP contribution in [0.3, 0.4) is 0 Å². The van der Waals surface area contributed by atoms with Gasteiger partial charge < -0.3 is 0 Å². The average Bonchev–Trinajstić information content (AvgIpc) is 2.68. The highest BCUT2D eigenvalue weighted by Gasteiger charge is 2.33. The molecular formula is C18H21NOS. The number of Topliss-reactive ketones (excluding diaryl/α,β-unsaturated/α-hetero) is 1. The van der Waals surface area contributed by atoms with Crippen LogP contribution in [0.2, 0.25) is 0 Å². The molecule has 1 aromatic heterocycles. The van der Waals surface area contributed by atoms with E-state index in [0.717, 1.165) is 28.4 Å². The number of thiazole rings is 1. The molecule has 0 saturated heterocycles. The van der Waals surface area contributed by atoms with Gasteiger partial charge in [0, 0.05) is 12.8 Å². The van der Waals surface area contributed by atoms with Crippen molar-refractivity contribution >= 4 is 17.1 Å². The number of rotatable bonds is 2. The van der Waals surface area contributed by atoms with Crippen LogP contribution in [0.5, 0.6) is 0 Å². The molecule has 0 unspecified atom stereocenters. The third kappa shape index (κ3) is 3.08. The lowest BCUT2D eigenvalue weighted by Crippen LogP contribution is -2.26. The van der Waals surface area contributed by atoms with E-state index < -0.39 is 0 Å². The molecule has 110 valence electrons. The van der Waals surface area contributed by atoms with Crippen LogP contribution in [0.1, 0.15) is 57.3 Å². The van der Waals surface area contributed by atoms with Gasteiger partial charge in [-0.1, -0.05) is 43.2 Å². The Morgan fingerprint density at radius 3 is 2.48 bits per heavy atom. The first-order valence-corrected chi connectivity index (χ1v) is 8.23. The van der Waals surface area contributed by atoms with Gasteiger partial charge in [-0.3, -0.25) is 4.79 Å². The Kier molecular flexibility index (Phi) is 3.48. The summed E-state index contributed by atoms with van der Waals surface area (Å²) in [5.74, 6) is 0.269. The Labute approximate surface area is 130 Å². The van der Waals surface area contributed by atoms with Crippen LogP contribution in [0, 0.1) is 19.3 Å². The smallest absolute Gasteiger partial charge is 0.175 e. The minimum atomic E-state index is 0.0509. The van der Waals surface area contributed by atoms with Crippen molar-refractivity contribution in [1.29, 1.82) is 0 Å². The third-order valence-corrected chi connectivity index (χ3v) is 5.06. The molecule has 0 radical (unpaired) electrons. The molecule has 2 nitrogen and oxygen atoms in total. The van der Waals surface area contributed by atoms with Crippen molar-refractivity contribution in [2.45, 2.75) is 47.0 Å². The lowest BCUT2D eigenvalue weighted by Gasteiger charge is -2.26. The van der Waals surface area contributed by atoms with Gasteiger partial charge in [0.1, 0.15) is 0 Å². The average molecular weight is 299 g/mol. The summed E-state index contributed by atoms with van der Waals surface area (Å²) >= 11 is 1.59. The summed E-state index contributed by atoms with van der Waals surface area (Å²) in [6.07, 6.45) is 2.39. The van der Waals surface area contributed by atoms with Gasteiger partial charge >= 0.3 is 0 Å². The predicted molar refractivity (Wildman–Crippen MR) is 87.3 cm³/mol. The lowest BCUT2D eigenvalue weighted by molar-refractivity contribution is 0.0916. The first-order chi connectivity index (χ1) is 9.82. The Balaban J connectivity index is 1.90. The van der Waals surface area contributed by atoms with Gasteiger partial charge in [0.05, 0.1) is 15.6 Å². The molecule has 1 aliphatic rings. The fourth-order valence-corrected chi connectivity index (χ4v) is 4.24. The van der Waals surface area contributed by atoms with Gasteiger partial charge in [-0.2, -0.15) is 0 Å². The van der Waals surface area contributed by atoms with Crippen molar-refractivity contribution in [3.8, 4) is 0 Å². The van der Waals surface area contributed by atoms with Gasteiger partial charge in [-0.15, -0.1) is 11.3 Å². The number of benzene rings is 1. The summed E-state index contributed by atoms with van der Waals surface area (Å²) in [7, 11) is 0. The van der Waals surface area contributed by atoms with E-state index in [0.29, 0.717) is 6.42 Å². The van der Waals surface area contributed by atoms with E-state index >= 15 is 0 Å². The van der Waals surface area contributed by atoms with Crippen molar-refractivity contribution in [2.75, 3.05) is 0 Å². The van der Waals surface area contributed by atoms with E-state index in [2.05, 4.69) is 45.9 Å². The van der Waals surface area contributed by atoms with Crippen LogP contribution >= 0.6 is 11.3 Å². The molecule has 0 spiro atoms. The maximum Gasteiger partial charge on any atom is 0.175 e. The van der Waals surface area contributed by atoms with E-state index in [1.807, 2.05) is 0 Å². The van der Waals surface area contributed by atoms with E-state index in [1.54, 1.807) is 11.3 Å². The van der Waals surface area contributed by atoms with Crippen molar-refractivity contribution in [3.63, 3.8) is 0 Å². The van der Waals surface area contributed by atoms with Crippen LogP contribution in [0.4, 0.5) is 0 Å². The minimum absolute atomic E-state index is 0.0509. The second-order valence-corrected chi connectivity index (χ2v) is 8.08. The normalized spacial score (nSPS) is 16.9. The van der Waals surface area contributed by atoms with Crippen molar-refractivity contribution in [3.05, 3.63) is 50.5 Å². The molecule has 1 aliphatic carbocycles. The molecule has 0 amide bonds. The molecule has 0 aliphatic heterocycles. The molecule has 0 N–H and O–H groups in total. The van der Waals surface area contributed by atoms with E-state index in [4.69, 9.17) is 4.98 Å². The monoisotopic (exact) mass is 299 g/mol. The number of carbonyl (C=O) groups is 1. The number of aromatic nitrogens is 1. The fraction of sp³-hybridized carbons (Fsp3) is 0.444. The van der Waals surface area contributed by atoms with Crippen LogP contribution in [0.25, 0.3) is 0 Å². The van der Waals surface area contributed by atoms with Gasteiger partial charge in [0.15, 0.2) is 5.78 Å². The summed E-state index contributed by atoms with van der Waals surface area (Å²) in [6, 6.07) is 6.60. The van der Waals surface area contributed by atoms with Crippen molar-refractivity contribution < 1.29 is 4.79 Å². The third-order valence-electron chi connectivity index (χ3n) is 3.92. The van der Waals surface area contributed by atoms with Crippen LogP contribution in [0.15, 0.2) is 18.2 Å². The first-order valence-electron chi connectivity index (χ1n) is 7.41. The number of nitrogens with zero attached hydrogens (tertiary/aromatic N) is 1. The number of fused-ring (bicyclic) bond motifs is 1. The van der Waals surface area contributed by atoms with Gasteiger partial charge in [-0.05, 0) is 31.2 Å². The van der Waals surface area contributed by atoms with Crippen LogP contribution in [-0.4, -0.2) is 10.8 Å². The Morgan fingerprint density at radius 2 is 1.81 bits per heavy atom. The number of hydrogen-bond acceptors (Lipinski definition) is 3. The van der Waals surface area contributed by atoms with Crippen LogP contribution in [-0.2, 0) is 12.8 Å². The molecule has 21 heavy (non-hydrogen) atoms. The quantitative estimate of drug-likeness (QED) is 0.817. The minimum Gasteiger partial charge on any atom is -0.293 e. The number of hydrogen-bond donors (Lipinski definition) is 0. The lowest BCUT2D eigenvalue weighted by atomic mass is 9.78. The highest BCUT2D eigenvalue weighted by Crippen LogP contribution is 2.37. The maximum absolute atomic E-state index is 12.2. The zero-order chi connectivity index (χ0) is 15.2. The molecule has 0 saturated carbocycles. The molecule has 2 aromatic rings. The molecule has 3 heteroatoms. The van der Waals surface area contributed by atoms with E-state index in [1.165, 1.54) is 16.7 Å². The zero-order valence-corrected chi connectivity index (χ0v) is 13.9. The van der Waals surface area contributed by atoms with Crippen molar-refractivity contribution in [1.82, 2.24) is 4.98 Å². The van der Waals surface area contributed by atoms with Gasteiger partial charge in [-0.25, -0.2) is 4.98 Å². The number of carbonyl (C=O) groups excluding carboxylic acids is 1. The molecule has 1 aromatic carbocycles. The summed E-state index contributed by atoms with van der Waals surface area (Å²) in [4.78, 5) is 17.9. The second-order valence-electron chi connectivity index (χ2n) is 7.00. The molecule has 3 rings (SSSR count). The Morgan fingerprint density at radius 1 is 1.14 bits per heavy atom. The largest absolute Gasteiger partial charge is 0.293 e. The SMILES string of the molecule is Cc1cc(C)cc(Cc2nc3c(s2)C(=O)CC(C)(C)C3)c1. The van der Waals surface area contributed by atoms with E-state index in [-0.39, 0.29) is 11.2 Å². The predicted octanol–water partition coefficient (Wildman–Crippen LogP) is 4.51. The topological polar surface area (TPSA) is 30.0 Å². The molecule has 1 heterocycles. The summed E-state index contributed by atoms with van der Waals surface area (Å²) in [5, 5.41) is 1.07. The Bertz CT molecular complexity index is 692. The van der Waals surface area contributed by atoms with Crippen molar-refractivity contribution in [2.24, 2.45) is 5.41 Å². The summed E-state index contributed by atoms with van der Waals surface area (Å²) in [5.41, 5.74) is 4.91. The molecule has 0 atom stereocenters. The molecule has 0 fully saturated rings. The summed E-state index contributed by atoms with van der Waals surface area (Å²) < 4.78 is 0. The number of ketones is 1. The standard InChI is InChI=1S/C18H21NOS/c1-11-5-12(2)7-13(6-11)8-16-19-14-9-18(3,4)10-15(20)17(14)21-16/h5-7H,8-10H2,1-4H3. The maximum atomic E-state index is 12.2. The zero-order valence-electron chi connectivity index (χ0n) is 13.1. The summed E-state index contributed by atoms with van der Waals surface area (Å²) in [6.45, 7) is 8.54. The second kappa shape index (κ2) is 5.06. The van der Waals surface area contributed by atoms with Gasteiger partial charge in [0.25, 0.3) is 0 Å². The van der Waals surface area contributed by atoms with E-state index in [9.17, 15) is 4.79 Å². The van der Waals surface area contributed by atoms with Gasteiger partial charge in [0.2, 0.25) is 0 Å². The molecular weight excluding hydrogens is 278 g/mol. The highest BCUT2D eigenvalue weighted by molar-refractivity contribution is 7.13. The number of aryl methyl sites for hydroxylation is 2. The first kappa shape index (κ1) is 14.5. The van der Waals surface area contributed by atoms with Crippen LogP contribution < -0.4 is 0 Å².